The van der Waals surface area contributed by atoms with Gasteiger partial charge in [0, 0.05) is 38.1 Å². The Morgan fingerprint density at radius 3 is 2.55 bits per heavy atom. The Hall–Kier alpha value is -1.73. The first-order valence-corrected chi connectivity index (χ1v) is 7.66. The number of rotatable bonds is 4. The molecule has 20 heavy (non-hydrogen) atoms. The number of aryl methyl sites for hydroxylation is 2. The van der Waals surface area contributed by atoms with E-state index in [1.54, 1.807) is 45.7 Å². The van der Waals surface area contributed by atoms with E-state index in [0.29, 0.717) is 5.56 Å². The van der Waals surface area contributed by atoms with Gasteiger partial charge in [-0.05, 0) is 25.5 Å². The second-order valence-corrected chi connectivity index (χ2v) is 6.65. The van der Waals surface area contributed by atoms with Crippen LogP contribution in [0.1, 0.15) is 24.1 Å². The third kappa shape index (κ3) is 2.46. The summed E-state index contributed by atoms with van der Waals surface area (Å²) >= 11 is 0. The molecule has 0 aliphatic carbocycles. The average molecular weight is 294 g/mol. The van der Waals surface area contributed by atoms with Crippen molar-refractivity contribution in [2.45, 2.75) is 24.9 Å². The lowest BCUT2D eigenvalue weighted by Gasteiger charge is -2.24. The fraction of sp³-hybridized carbons (Fsp3) is 0.385. The Balaban J connectivity index is 2.40. The monoisotopic (exact) mass is 294 g/mol. The molecule has 0 saturated heterocycles. The molecule has 0 amide bonds. The van der Waals surface area contributed by atoms with Crippen molar-refractivity contribution in [2.75, 3.05) is 7.05 Å². The van der Waals surface area contributed by atoms with Crippen molar-refractivity contribution in [3.05, 3.63) is 41.9 Å². The zero-order valence-corrected chi connectivity index (χ0v) is 12.8. The van der Waals surface area contributed by atoms with Crippen molar-refractivity contribution in [3.63, 3.8) is 0 Å². The van der Waals surface area contributed by atoms with Crippen LogP contribution in [0.2, 0.25) is 0 Å². The van der Waals surface area contributed by atoms with E-state index in [1.807, 2.05) is 13.0 Å². The SMILES string of the molecule is Cc1cnn(C)c1S(=O)(=O)N(C)[C@@H](C)c1cccnc1. The van der Waals surface area contributed by atoms with E-state index in [0.717, 1.165) is 5.56 Å². The molecule has 7 heteroatoms. The van der Waals surface area contributed by atoms with Crippen molar-refractivity contribution in [3.8, 4) is 0 Å². The van der Waals surface area contributed by atoms with Gasteiger partial charge in [-0.15, -0.1) is 0 Å². The lowest BCUT2D eigenvalue weighted by molar-refractivity contribution is 0.392. The van der Waals surface area contributed by atoms with Crippen LogP contribution in [0.25, 0.3) is 0 Å². The first kappa shape index (κ1) is 14.7. The van der Waals surface area contributed by atoms with Gasteiger partial charge >= 0.3 is 0 Å². The van der Waals surface area contributed by atoms with Crippen LogP contribution in [0, 0.1) is 6.92 Å². The highest BCUT2D eigenvalue weighted by Crippen LogP contribution is 2.26. The summed E-state index contributed by atoms with van der Waals surface area (Å²) in [6, 6.07) is 3.35. The summed E-state index contributed by atoms with van der Waals surface area (Å²) in [5.74, 6) is 0. The summed E-state index contributed by atoms with van der Waals surface area (Å²) in [4.78, 5) is 4.03. The van der Waals surface area contributed by atoms with Crippen molar-refractivity contribution >= 4 is 10.0 Å². The van der Waals surface area contributed by atoms with Gasteiger partial charge in [0.15, 0.2) is 5.03 Å². The zero-order valence-electron chi connectivity index (χ0n) is 12.0. The fourth-order valence-electron chi connectivity index (χ4n) is 2.08. The van der Waals surface area contributed by atoms with E-state index < -0.39 is 10.0 Å². The molecule has 2 rings (SSSR count). The molecule has 2 aromatic rings. The minimum Gasteiger partial charge on any atom is -0.264 e. The van der Waals surface area contributed by atoms with Gasteiger partial charge in [-0.3, -0.25) is 9.67 Å². The van der Waals surface area contributed by atoms with E-state index in [-0.39, 0.29) is 11.1 Å². The second kappa shape index (κ2) is 5.34. The molecule has 0 spiro atoms. The molecule has 2 heterocycles. The van der Waals surface area contributed by atoms with E-state index in [9.17, 15) is 8.42 Å². The highest BCUT2D eigenvalue weighted by atomic mass is 32.2. The predicted octanol–water partition coefficient (Wildman–Crippen LogP) is 1.51. The summed E-state index contributed by atoms with van der Waals surface area (Å²) in [6.45, 7) is 3.57. The van der Waals surface area contributed by atoms with Crippen LogP contribution in [0.3, 0.4) is 0 Å². The number of aromatic nitrogens is 3. The van der Waals surface area contributed by atoms with Gasteiger partial charge in [0.1, 0.15) is 0 Å². The first-order valence-electron chi connectivity index (χ1n) is 6.22. The molecule has 0 fully saturated rings. The number of hydrogen-bond donors (Lipinski definition) is 0. The van der Waals surface area contributed by atoms with Gasteiger partial charge in [0.05, 0.1) is 6.20 Å². The topological polar surface area (TPSA) is 68.1 Å². The molecule has 0 radical (unpaired) electrons. The molecule has 0 aliphatic heterocycles. The fourth-order valence-corrected chi connectivity index (χ4v) is 3.74. The van der Waals surface area contributed by atoms with Crippen molar-refractivity contribution in [1.29, 1.82) is 0 Å². The molecule has 0 N–H and O–H groups in total. The lowest BCUT2D eigenvalue weighted by Crippen LogP contribution is -2.31. The van der Waals surface area contributed by atoms with Crippen LogP contribution in [-0.4, -0.2) is 34.5 Å². The number of sulfonamides is 1. The quantitative estimate of drug-likeness (QED) is 0.857. The molecule has 6 nitrogen and oxygen atoms in total. The van der Waals surface area contributed by atoms with E-state index in [2.05, 4.69) is 10.1 Å². The molecule has 0 aliphatic rings. The Kier molecular flexibility index (Phi) is 3.92. The van der Waals surface area contributed by atoms with E-state index >= 15 is 0 Å². The van der Waals surface area contributed by atoms with Crippen LogP contribution < -0.4 is 0 Å². The Bertz CT molecular complexity index is 675. The minimum absolute atomic E-state index is 0.218. The third-order valence-electron chi connectivity index (χ3n) is 3.39. The van der Waals surface area contributed by atoms with Crippen LogP contribution in [0.4, 0.5) is 0 Å². The molecule has 2 aromatic heterocycles. The molecular formula is C13H18N4O2S. The maximum Gasteiger partial charge on any atom is 0.260 e. The Morgan fingerprint density at radius 1 is 1.35 bits per heavy atom. The van der Waals surface area contributed by atoms with Crippen molar-refractivity contribution in [1.82, 2.24) is 19.1 Å². The Morgan fingerprint density at radius 2 is 2.05 bits per heavy atom. The zero-order chi connectivity index (χ0) is 14.9. The lowest BCUT2D eigenvalue weighted by atomic mass is 10.1. The molecule has 1 atom stereocenters. The molecule has 108 valence electrons. The van der Waals surface area contributed by atoms with Gasteiger partial charge in [0.25, 0.3) is 10.0 Å². The summed E-state index contributed by atoms with van der Waals surface area (Å²) in [7, 11) is -0.402. The first-order chi connectivity index (χ1) is 9.35. The molecule has 0 aromatic carbocycles. The highest BCUT2D eigenvalue weighted by molar-refractivity contribution is 7.89. The van der Waals surface area contributed by atoms with Crippen LogP contribution in [0.15, 0.2) is 35.7 Å². The summed E-state index contributed by atoms with van der Waals surface area (Å²) in [6.07, 6.45) is 4.89. The minimum atomic E-state index is -3.60. The maximum atomic E-state index is 12.7. The van der Waals surface area contributed by atoms with Gasteiger partial charge < -0.3 is 0 Å². The van der Waals surface area contributed by atoms with Crippen molar-refractivity contribution < 1.29 is 8.42 Å². The predicted molar refractivity (Wildman–Crippen MR) is 75.5 cm³/mol. The van der Waals surface area contributed by atoms with Gasteiger partial charge in [-0.2, -0.15) is 9.40 Å². The van der Waals surface area contributed by atoms with Crippen LogP contribution in [0.5, 0.6) is 0 Å². The second-order valence-electron chi connectivity index (χ2n) is 4.74. The van der Waals surface area contributed by atoms with E-state index in [4.69, 9.17) is 0 Å². The number of pyridine rings is 1. The average Bonchev–Trinajstić information content (AvgIpc) is 2.78. The van der Waals surface area contributed by atoms with Gasteiger partial charge in [-0.25, -0.2) is 8.42 Å². The molecule has 0 saturated carbocycles. The van der Waals surface area contributed by atoms with Crippen molar-refractivity contribution in [2.24, 2.45) is 7.05 Å². The summed E-state index contributed by atoms with van der Waals surface area (Å²) in [5, 5.41) is 4.21. The highest BCUT2D eigenvalue weighted by Gasteiger charge is 2.30. The Labute approximate surface area is 119 Å². The molecule has 0 bridgehead atoms. The summed E-state index contributed by atoms with van der Waals surface area (Å²) in [5.41, 5.74) is 1.48. The largest absolute Gasteiger partial charge is 0.264 e. The van der Waals surface area contributed by atoms with Crippen LogP contribution >= 0.6 is 0 Å². The van der Waals surface area contributed by atoms with Gasteiger partial charge in [-0.1, -0.05) is 6.07 Å². The standard InChI is InChI=1S/C13H18N4O2S/c1-10-8-15-16(3)13(10)20(18,19)17(4)11(2)12-6-5-7-14-9-12/h5-9,11H,1-4H3/t11-/m0/s1. The van der Waals surface area contributed by atoms with Gasteiger partial charge in [0.2, 0.25) is 0 Å². The smallest absolute Gasteiger partial charge is 0.260 e. The maximum absolute atomic E-state index is 12.7. The molecule has 0 unspecified atom stereocenters. The number of hydrogen-bond acceptors (Lipinski definition) is 4. The molecular weight excluding hydrogens is 276 g/mol. The van der Waals surface area contributed by atoms with E-state index in [1.165, 1.54) is 8.99 Å². The number of nitrogens with zero attached hydrogens (tertiary/aromatic N) is 4. The normalized spacial score (nSPS) is 13.7. The third-order valence-corrected chi connectivity index (χ3v) is 5.54. The summed E-state index contributed by atoms with van der Waals surface area (Å²) < 4.78 is 28.1. The van der Waals surface area contributed by atoms with Crippen LogP contribution in [-0.2, 0) is 17.1 Å².